The lowest BCUT2D eigenvalue weighted by Gasteiger charge is -2.28. The zero-order valence-electron chi connectivity index (χ0n) is 17.0. The van der Waals surface area contributed by atoms with Gasteiger partial charge < -0.3 is 20.0 Å². The second-order valence-corrected chi connectivity index (χ2v) is 8.36. The molecule has 0 saturated carbocycles. The minimum atomic E-state index is -1.18. The van der Waals surface area contributed by atoms with Crippen LogP contribution in [-0.2, 0) is 15.0 Å². The summed E-state index contributed by atoms with van der Waals surface area (Å²) in [6, 6.07) is 15.0. The van der Waals surface area contributed by atoms with Gasteiger partial charge in [-0.15, -0.1) is 0 Å². The van der Waals surface area contributed by atoms with Gasteiger partial charge in [-0.05, 0) is 60.2 Å². The molecular formula is C24H26NO4-. The number of amides is 1. The molecule has 0 spiro atoms. The van der Waals surface area contributed by atoms with Crippen molar-refractivity contribution in [1.29, 1.82) is 0 Å². The van der Waals surface area contributed by atoms with Crippen molar-refractivity contribution in [3.05, 3.63) is 66.2 Å². The zero-order chi connectivity index (χ0) is 21.0. The molecule has 0 radical (unpaired) electrons. The van der Waals surface area contributed by atoms with Crippen LogP contribution in [0.2, 0.25) is 0 Å². The van der Waals surface area contributed by atoms with Crippen LogP contribution in [0.5, 0.6) is 11.5 Å². The second-order valence-electron chi connectivity index (χ2n) is 8.36. The predicted molar refractivity (Wildman–Crippen MR) is 111 cm³/mol. The summed E-state index contributed by atoms with van der Waals surface area (Å²) >= 11 is 0. The maximum Gasteiger partial charge on any atom is 0.228 e. The first-order chi connectivity index (χ1) is 13.7. The van der Waals surface area contributed by atoms with Gasteiger partial charge in [0.25, 0.3) is 0 Å². The lowest BCUT2D eigenvalue weighted by atomic mass is 9.82. The van der Waals surface area contributed by atoms with E-state index in [2.05, 4.69) is 38.2 Å². The molecule has 0 aliphatic heterocycles. The Balaban J connectivity index is 1.62. The number of anilines is 1. The highest BCUT2D eigenvalue weighted by Gasteiger charge is 2.29. The minimum Gasteiger partial charge on any atom is -0.550 e. The van der Waals surface area contributed by atoms with E-state index >= 15 is 0 Å². The number of allylic oxidation sites excluding steroid dienone is 2. The number of aliphatic carboxylic acids is 1. The molecular weight excluding hydrogens is 366 g/mol. The van der Waals surface area contributed by atoms with Crippen molar-refractivity contribution in [3.63, 3.8) is 0 Å². The van der Waals surface area contributed by atoms with E-state index in [9.17, 15) is 14.7 Å². The lowest BCUT2D eigenvalue weighted by molar-refractivity contribution is -0.313. The number of carbonyl (C=O) groups excluding carboxylic acids is 2. The summed E-state index contributed by atoms with van der Waals surface area (Å²) in [5.74, 6) is -1.52. The quantitative estimate of drug-likeness (QED) is 0.779. The van der Waals surface area contributed by atoms with Crippen molar-refractivity contribution >= 4 is 17.6 Å². The highest BCUT2D eigenvalue weighted by molar-refractivity contribution is 5.95. The maximum absolute atomic E-state index is 12.5. The first kappa shape index (κ1) is 20.6. The van der Waals surface area contributed by atoms with Gasteiger partial charge >= 0.3 is 0 Å². The predicted octanol–water partition coefficient (Wildman–Crippen LogP) is 4.05. The summed E-state index contributed by atoms with van der Waals surface area (Å²) in [6.45, 7) is 6.48. The van der Waals surface area contributed by atoms with Crippen LogP contribution in [-0.4, -0.2) is 11.9 Å². The molecule has 0 saturated heterocycles. The SMILES string of the molecule is CC(C)(C)c1ccc(Oc2ccc(NC(=O)[C@@H]3CC=CC[C@H]3C(=O)[O-])cc2)cc1. The second kappa shape index (κ2) is 8.52. The van der Waals surface area contributed by atoms with Gasteiger partial charge in [-0.1, -0.05) is 45.1 Å². The number of nitrogens with one attached hydrogen (secondary N) is 1. The van der Waals surface area contributed by atoms with Gasteiger partial charge in [-0.3, -0.25) is 4.79 Å². The summed E-state index contributed by atoms with van der Waals surface area (Å²) in [7, 11) is 0. The molecule has 1 N–H and O–H groups in total. The molecule has 2 atom stereocenters. The minimum absolute atomic E-state index is 0.0855. The number of benzene rings is 2. The molecule has 1 amide bonds. The summed E-state index contributed by atoms with van der Waals surface area (Å²) in [5.41, 5.74) is 1.91. The van der Waals surface area contributed by atoms with Crippen molar-refractivity contribution in [2.75, 3.05) is 5.32 Å². The van der Waals surface area contributed by atoms with E-state index in [-0.39, 0.29) is 11.3 Å². The summed E-state index contributed by atoms with van der Waals surface area (Å²) < 4.78 is 5.86. The summed E-state index contributed by atoms with van der Waals surface area (Å²) in [5, 5.41) is 14.1. The molecule has 0 heterocycles. The van der Waals surface area contributed by atoms with E-state index in [1.54, 1.807) is 30.3 Å². The largest absolute Gasteiger partial charge is 0.550 e. The van der Waals surface area contributed by atoms with Gasteiger partial charge in [-0.25, -0.2) is 0 Å². The molecule has 0 fully saturated rings. The number of rotatable bonds is 5. The monoisotopic (exact) mass is 392 g/mol. The lowest BCUT2D eigenvalue weighted by Crippen LogP contribution is -2.41. The normalized spacial score (nSPS) is 18.9. The Labute approximate surface area is 171 Å². The molecule has 0 aromatic heterocycles. The van der Waals surface area contributed by atoms with Crippen molar-refractivity contribution < 1.29 is 19.4 Å². The van der Waals surface area contributed by atoms with Crippen molar-refractivity contribution in [1.82, 2.24) is 0 Å². The average Bonchev–Trinajstić information content (AvgIpc) is 2.69. The van der Waals surface area contributed by atoms with Crippen LogP contribution in [0.4, 0.5) is 5.69 Å². The van der Waals surface area contributed by atoms with E-state index < -0.39 is 17.8 Å². The van der Waals surface area contributed by atoms with E-state index in [0.717, 1.165) is 5.75 Å². The Hall–Kier alpha value is -3.08. The van der Waals surface area contributed by atoms with Crippen LogP contribution < -0.4 is 15.2 Å². The molecule has 1 aliphatic rings. The number of ether oxygens (including phenoxy) is 1. The number of hydrogen-bond acceptors (Lipinski definition) is 4. The molecule has 2 aromatic carbocycles. The number of carboxylic acids is 1. The molecule has 0 bridgehead atoms. The fourth-order valence-electron chi connectivity index (χ4n) is 3.36. The van der Waals surface area contributed by atoms with Crippen LogP contribution in [0.15, 0.2) is 60.7 Å². The topological polar surface area (TPSA) is 78.5 Å². The van der Waals surface area contributed by atoms with Crippen LogP contribution in [0.25, 0.3) is 0 Å². The van der Waals surface area contributed by atoms with Gasteiger partial charge in [0, 0.05) is 17.6 Å². The van der Waals surface area contributed by atoms with Crippen LogP contribution in [0.3, 0.4) is 0 Å². The van der Waals surface area contributed by atoms with Crippen LogP contribution >= 0.6 is 0 Å². The summed E-state index contributed by atoms with van der Waals surface area (Å²) in [6.07, 6.45) is 4.34. The van der Waals surface area contributed by atoms with Gasteiger partial charge in [0.1, 0.15) is 11.5 Å². The van der Waals surface area contributed by atoms with E-state index in [4.69, 9.17) is 4.74 Å². The number of carboxylic acid groups (broad SMARTS) is 1. The highest BCUT2D eigenvalue weighted by Crippen LogP contribution is 2.29. The highest BCUT2D eigenvalue weighted by atomic mass is 16.5. The third-order valence-electron chi connectivity index (χ3n) is 5.15. The molecule has 152 valence electrons. The molecule has 29 heavy (non-hydrogen) atoms. The smallest absolute Gasteiger partial charge is 0.228 e. The zero-order valence-corrected chi connectivity index (χ0v) is 17.0. The number of carbonyl (C=O) groups is 2. The van der Waals surface area contributed by atoms with Gasteiger partial charge in [-0.2, -0.15) is 0 Å². The van der Waals surface area contributed by atoms with Crippen LogP contribution in [0.1, 0.15) is 39.2 Å². The number of hydrogen-bond donors (Lipinski definition) is 1. The maximum atomic E-state index is 12.5. The Morgan fingerprint density at radius 2 is 1.41 bits per heavy atom. The Morgan fingerprint density at radius 1 is 0.897 bits per heavy atom. The van der Waals surface area contributed by atoms with Crippen LogP contribution in [0, 0.1) is 11.8 Å². The summed E-state index contributed by atoms with van der Waals surface area (Å²) in [4.78, 5) is 23.8. The van der Waals surface area contributed by atoms with E-state index in [0.29, 0.717) is 24.3 Å². The first-order valence-corrected chi connectivity index (χ1v) is 9.79. The van der Waals surface area contributed by atoms with Gasteiger partial charge in [0.15, 0.2) is 0 Å². The van der Waals surface area contributed by atoms with Gasteiger partial charge in [0.2, 0.25) is 5.91 Å². The van der Waals surface area contributed by atoms with Gasteiger partial charge in [0.05, 0.1) is 5.92 Å². The van der Waals surface area contributed by atoms with Crippen molar-refractivity contribution in [2.24, 2.45) is 11.8 Å². The molecule has 0 unspecified atom stereocenters. The third-order valence-corrected chi connectivity index (χ3v) is 5.15. The molecule has 3 rings (SSSR count). The van der Waals surface area contributed by atoms with Crippen molar-refractivity contribution in [2.45, 2.75) is 39.0 Å². The van der Waals surface area contributed by atoms with E-state index in [1.807, 2.05) is 18.2 Å². The fourth-order valence-corrected chi connectivity index (χ4v) is 3.36. The first-order valence-electron chi connectivity index (χ1n) is 9.79. The average molecular weight is 392 g/mol. The molecule has 1 aliphatic carbocycles. The molecule has 2 aromatic rings. The standard InChI is InChI=1S/C24H27NO4/c1-24(2,3)16-8-12-18(13-9-16)29-19-14-10-17(11-15-19)25-22(26)20-6-4-5-7-21(20)23(27)28/h4-5,8-15,20-21H,6-7H2,1-3H3,(H,25,26)(H,27,28)/p-1/t20-,21-/m1/s1. The molecule has 5 nitrogen and oxygen atoms in total. The Bertz CT molecular complexity index is 892. The Morgan fingerprint density at radius 3 is 1.93 bits per heavy atom. The Kier molecular flexibility index (Phi) is 6.06. The van der Waals surface area contributed by atoms with Crippen molar-refractivity contribution in [3.8, 4) is 11.5 Å². The van der Waals surface area contributed by atoms with E-state index in [1.165, 1.54) is 5.56 Å². The third kappa shape index (κ3) is 5.25. The molecule has 5 heteroatoms. The fraction of sp³-hybridized carbons (Fsp3) is 0.333.